The fraction of sp³-hybridized carbons (Fsp3) is 0.909. The molecule has 16 heavy (non-hydrogen) atoms. The van der Waals surface area contributed by atoms with Gasteiger partial charge in [0.15, 0.2) is 0 Å². The van der Waals surface area contributed by atoms with Crippen LogP contribution in [0.25, 0.3) is 0 Å². The molecule has 0 saturated carbocycles. The Morgan fingerprint density at radius 3 is 2.69 bits per heavy atom. The number of likely N-dealkylation sites (tertiary alicyclic amines) is 1. The van der Waals surface area contributed by atoms with Crippen LogP contribution in [-0.4, -0.2) is 52.1 Å². The van der Waals surface area contributed by atoms with Crippen molar-refractivity contribution in [1.29, 1.82) is 0 Å². The minimum Gasteiger partial charge on any atom is -0.443 e. The second kappa shape index (κ2) is 5.01. The van der Waals surface area contributed by atoms with Crippen molar-refractivity contribution in [2.45, 2.75) is 51.4 Å². The number of carbonyl (C=O) groups excluding carboxylic acids is 1. The summed E-state index contributed by atoms with van der Waals surface area (Å²) in [7, 11) is 0. The van der Waals surface area contributed by atoms with Crippen molar-refractivity contribution in [3.05, 3.63) is 0 Å². The lowest BCUT2D eigenvalue weighted by Gasteiger charge is -2.29. The number of amides is 1. The molecule has 1 saturated heterocycles. The van der Waals surface area contributed by atoms with Crippen LogP contribution >= 0.6 is 0 Å². The summed E-state index contributed by atoms with van der Waals surface area (Å²) in [5.74, 6) is 0. The maximum Gasteiger partial charge on any atom is 0.410 e. The first kappa shape index (κ1) is 13.3. The third-order valence-corrected chi connectivity index (χ3v) is 3.15. The predicted octanol–water partition coefficient (Wildman–Crippen LogP) is 0.739. The standard InChI is InChI=1S/C11H21NO4/c1-4-11(2,3)16-10(15)12-6-5-9(14)8(12)7-13/h8-9,13-14H,4-7H2,1-3H3/t8-,9+/m1/s1. The van der Waals surface area contributed by atoms with Crippen molar-refractivity contribution < 1.29 is 19.7 Å². The summed E-state index contributed by atoms with van der Waals surface area (Å²) in [6.07, 6.45) is 0.107. The van der Waals surface area contributed by atoms with Crippen LogP contribution in [0.5, 0.6) is 0 Å². The number of aliphatic hydroxyl groups is 2. The first-order valence-electron chi connectivity index (χ1n) is 5.70. The maximum atomic E-state index is 11.8. The van der Waals surface area contributed by atoms with E-state index in [1.165, 1.54) is 4.90 Å². The molecule has 5 heteroatoms. The average molecular weight is 231 g/mol. The van der Waals surface area contributed by atoms with Gasteiger partial charge in [-0.2, -0.15) is 0 Å². The smallest absolute Gasteiger partial charge is 0.410 e. The normalized spacial score (nSPS) is 25.9. The van der Waals surface area contributed by atoms with Crippen LogP contribution < -0.4 is 0 Å². The van der Waals surface area contributed by atoms with Crippen molar-refractivity contribution in [2.24, 2.45) is 0 Å². The lowest BCUT2D eigenvalue weighted by molar-refractivity contribution is -0.00363. The number of hydrogen-bond donors (Lipinski definition) is 2. The molecule has 0 aromatic heterocycles. The average Bonchev–Trinajstić information content (AvgIpc) is 2.59. The van der Waals surface area contributed by atoms with Crippen LogP contribution in [0.15, 0.2) is 0 Å². The van der Waals surface area contributed by atoms with Crippen LogP contribution in [0.1, 0.15) is 33.6 Å². The highest BCUT2D eigenvalue weighted by Crippen LogP contribution is 2.22. The Balaban J connectivity index is 2.61. The summed E-state index contributed by atoms with van der Waals surface area (Å²) in [5, 5.41) is 18.7. The van der Waals surface area contributed by atoms with Gasteiger partial charge in [0.2, 0.25) is 0 Å². The molecule has 0 bridgehead atoms. The van der Waals surface area contributed by atoms with E-state index < -0.39 is 23.8 Å². The van der Waals surface area contributed by atoms with E-state index in [2.05, 4.69) is 0 Å². The summed E-state index contributed by atoms with van der Waals surface area (Å²) >= 11 is 0. The predicted molar refractivity (Wildman–Crippen MR) is 59.1 cm³/mol. The first-order valence-corrected chi connectivity index (χ1v) is 5.70. The number of rotatable bonds is 3. The zero-order valence-corrected chi connectivity index (χ0v) is 10.1. The van der Waals surface area contributed by atoms with E-state index >= 15 is 0 Å². The number of nitrogens with zero attached hydrogens (tertiary/aromatic N) is 1. The molecular weight excluding hydrogens is 210 g/mol. The fourth-order valence-electron chi connectivity index (χ4n) is 1.65. The molecule has 1 aliphatic rings. The van der Waals surface area contributed by atoms with Crippen LogP contribution in [0.4, 0.5) is 4.79 Å². The second-order valence-corrected chi connectivity index (χ2v) is 4.78. The molecule has 1 heterocycles. The number of hydrogen-bond acceptors (Lipinski definition) is 4. The highest BCUT2D eigenvalue weighted by Gasteiger charge is 2.37. The molecule has 1 rings (SSSR count). The molecule has 1 aliphatic heterocycles. The van der Waals surface area contributed by atoms with Crippen molar-refractivity contribution in [2.75, 3.05) is 13.2 Å². The quantitative estimate of drug-likeness (QED) is 0.751. The van der Waals surface area contributed by atoms with Crippen molar-refractivity contribution >= 4 is 6.09 Å². The Bertz CT molecular complexity index is 254. The Hall–Kier alpha value is -0.810. The molecule has 0 aromatic carbocycles. The minimum atomic E-state index is -0.651. The molecule has 0 aliphatic carbocycles. The van der Waals surface area contributed by atoms with Gasteiger partial charge in [-0.3, -0.25) is 0 Å². The Kier molecular flexibility index (Phi) is 4.15. The second-order valence-electron chi connectivity index (χ2n) is 4.78. The van der Waals surface area contributed by atoms with Gasteiger partial charge in [-0.1, -0.05) is 6.92 Å². The monoisotopic (exact) mass is 231 g/mol. The lowest BCUT2D eigenvalue weighted by Crippen LogP contribution is -2.44. The molecule has 1 fully saturated rings. The van der Waals surface area contributed by atoms with Gasteiger partial charge < -0.3 is 19.8 Å². The van der Waals surface area contributed by atoms with Crippen LogP contribution in [0.3, 0.4) is 0 Å². The zero-order valence-electron chi connectivity index (χ0n) is 10.1. The van der Waals surface area contributed by atoms with Crippen molar-refractivity contribution in [3.8, 4) is 0 Å². The Labute approximate surface area is 96.0 Å². The highest BCUT2D eigenvalue weighted by molar-refractivity contribution is 5.69. The van der Waals surface area contributed by atoms with Crippen LogP contribution in [0.2, 0.25) is 0 Å². The van der Waals surface area contributed by atoms with Gasteiger partial charge in [0.25, 0.3) is 0 Å². The minimum absolute atomic E-state index is 0.233. The largest absolute Gasteiger partial charge is 0.443 e. The molecule has 1 amide bonds. The van der Waals surface area contributed by atoms with E-state index in [9.17, 15) is 9.90 Å². The van der Waals surface area contributed by atoms with Crippen LogP contribution in [-0.2, 0) is 4.74 Å². The molecule has 0 aromatic rings. The van der Waals surface area contributed by atoms with E-state index in [0.717, 1.165) is 6.42 Å². The van der Waals surface area contributed by atoms with Crippen molar-refractivity contribution in [3.63, 3.8) is 0 Å². The lowest BCUT2D eigenvalue weighted by atomic mass is 10.1. The van der Waals surface area contributed by atoms with Crippen molar-refractivity contribution in [1.82, 2.24) is 4.90 Å². The third-order valence-electron chi connectivity index (χ3n) is 3.15. The van der Waals surface area contributed by atoms with E-state index in [1.807, 2.05) is 20.8 Å². The van der Waals surface area contributed by atoms with Gasteiger partial charge >= 0.3 is 6.09 Å². The Morgan fingerprint density at radius 1 is 1.56 bits per heavy atom. The molecule has 0 unspecified atom stereocenters. The summed E-state index contributed by atoms with van der Waals surface area (Å²) in [6, 6.07) is -0.528. The summed E-state index contributed by atoms with van der Waals surface area (Å²) in [4.78, 5) is 13.2. The highest BCUT2D eigenvalue weighted by atomic mass is 16.6. The SMILES string of the molecule is CCC(C)(C)OC(=O)N1CC[C@H](O)[C@H]1CO. The number of ether oxygens (including phenoxy) is 1. The van der Waals surface area contributed by atoms with E-state index in [1.54, 1.807) is 0 Å². The topological polar surface area (TPSA) is 70.0 Å². The maximum absolute atomic E-state index is 11.8. The number of carbonyl (C=O) groups is 1. The molecule has 0 spiro atoms. The van der Waals surface area contributed by atoms with Gasteiger partial charge in [0, 0.05) is 6.54 Å². The molecule has 2 atom stereocenters. The van der Waals surface area contributed by atoms with E-state index in [4.69, 9.17) is 9.84 Å². The third kappa shape index (κ3) is 2.86. The zero-order chi connectivity index (χ0) is 12.3. The van der Waals surface area contributed by atoms with Gasteiger partial charge in [0.1, 0.15) is 5.60 Å². The van der Waals surface area contributed by atoms with Gasteiger partial charge in [-0.05, 0) is 26.7 Å². The molecular formula is C11H21NO4. The van der Waals surface area contributed by atoms with Gasteiger partial charge in [-0.25, -0.2) is 4.79 Å². The fourth-order valence-corrected chi connectivity index (χ4v) is 1.65. The van der Waals surface area contributed by atoms with E-state index in [-0.39, 0.29) is 6.61 Å². The summed E-state index contributed by atoms with van der Waals surface area (Å²) in [5.41, 5.74) is -0.509. The van der Waals surface area contributed by atoms with Gasteiger partial charge in [0.05, 0.1) is 18.8 Å². The molecule has 5 nitrogen and oxygen atoms in total. The number of aliphatic hydroxyl groups excluding tert-OH is 2. The summed E-state index contributed by atoms with van der Waals surface area (Å²) in [6.45, 7) is 5.82. The first-order chi connectivity index (χ1) is 7.41. The molecule has 94 valence electrons. The molecule has 0 radical (unpaired) electrons. The molecule has 2 N–H and O–H groups in total. The van der Waals surface area contributed by atoms with E-state index in [0.29, 0.717) is 13.0 Å². The Morgan fingerprint density at radius 2 is 2.19 bits per heavy atom. The van der Waals surface area contributed by atoms with Gasteiger partial charge in [-0.15, -0.1) is 0 Å². The summed E-state index contributed by atoms with van der Waals surface area (Å²) < 4.78 is 5.32. The van der Waals surface area contributed by atoms with Crippen LogP contribution in [0, 0.1) is 0 Å².